The number of fused-ring (bicyclic) bond motifs is 1. The van der Waals surface area contributed by atoms with E-state index < -0.39 is 10.0 Å². The van der Waals surface area contributed by atoms with Crippen LogP contribution < -0.4 is 10.6 Å². The Balaban J connectivity index is 1.81. The largest absolute Gasteiger partial charge is 0.452 e. The van der Waals surface area contributed by atoms with Gasteiger partial charge in [-0.15, -0.1) is 10.2 Å². The first-order chi connectivity index (χ1) is 13.8. The number of carbonyl (C=O) groups excluding carboxylic acids is 1. The average Bonchev–Trinajstić information content (AvgIpc) is 3.23. The fraction of sp³-hybridized carbons (Fsp3) is 0.105. The summed E-state index contributed by atoms with van der Waals surface area (Å²) in [5.41, 5.74) is 5.08. The van der Waals surface area contributed by atoms with Gasteiger partial charge in [0.1, 0.15) is 5.58 Å². The molecule has 4 aromatic rings. The maximum atomic E-state index is 12.1. The van der Waals surface area contributed by atoms with Crippen LogP contribution in [0.3, 0.4) is 0 Å². The molecule has 0 spiro atoms. The molecule has 0 saturated carbocycles. The number of rotatable bonds is 5. The van der Waals surface area contributed by atoms with Gasteiger partial charge in [-0.05, 0) is 37.3 Å². The number of sulfonamides is 1. The summed E-state index contributed by atoms with van der Waals surface area (Å²) < 4.78 is 30.2. The van der Waals surface area contributed by atoms with Gasteiger partial charge in [0.2, 0.25) is 21.7 Å². The van der Waals surface area contributed by atoms with Crippen LogP contribution in [0.2, 0.25) is 0 Å². The fourth-order valence-electron chi connectivity index (χ4n) is 3.00. The standard InChI is InChI=1S/C19H17N5O4S/c1-11-15-5-3-4-6-16(15)28-17(11)19-22-21-18(12(2)25)24(19)23-13-7-9-14(10-8-13)29(20,26)27/h3-10,23H,1-2H3,(H2,20,26,27). The van der Waals surface area contributed by atoms with E-state index in [-0.39, 0.29) is 16.5 Å². The average molecular weight is 411 g/mol. The molecule has 0 fully saturated rings. The minimum Gasteiger partial charge on any atom is -0.452 e. The summed E-state index contributed by atoms with van der Waals surface area (Å²) in [6, 6.07) is 13.3. The number of para-hydroxylation sites is 1. The van der Waals surface area contributed by atoms with Gasteiger partial charge in [-0.3, -0.25) is 10.2 Å². The third kappa shape index (κ3) is 3.39. The van der Waals surface area contributed by atoms with E-state index in [1.165, 1.54) is 35.9 Å². The van der Waals surface area contributed by atoms with Gasteiger partial charge >= 0.3 is 0 Å². The molecule has 0 unspecified atom stereocenters. The Morgan fingerprint density at radius 1 is 1.10 bits per heavy atom. The number of aromatic nitrogens is 3. The molecule has 0 atom stereocenters. The minimum atomic E-state index is -3.80. The van der Waals surface area contributed by atoms with Crippen LogP contribution in [0.25, 0.3) is 22.6 Å². The fourth-order valence-corrected chi connectivity index (χ4v) is 3.52. The molecule has 2 aromatic carbocycles. The first-order valence-electron chi connectivity index (χ1n) is 8.60. The molecule has 0 aliphatic heterocycles. The molecule has 0 saturated heterocycles. The van der Waals surface area contributed by atoms with Crippen molar-refractivity contribution < 1.29 is 17.6 Å². The number of nitrogens with two attached hydrogens (primary N) is 1. The van der Waals surface area contributed by atoms with Crippen molar-refractivity contribution in [3.63, 3.8) is 0 Å². The lowest BCUT2D eigenvalue weighted by Gasteiger charge is -2.12. The van der Waals surface area contributed by atoms with Gasteiger partial charge in [-0.1, -0.05) is 18.2 Å². The molecule has 0 radical (unpaired) electrons. The smallest absolute Gasteiger partial charge is 0.238 e. The number of aryl methyl sites for hydroxylation is 1. The van der Waals surface area contributed by atoms with Gasteiger partial charge in [-0.2, -0.15) is 0 Å². The number of hydrogen-bond acceptors (Lipinski definition) is 7. The normalized spacial score (nSPS) is 11.7. The number of hydrogen-bond donors (Lipinski definition) is 2. The molecule has 0 aliphatic rings. The molecule has 3 N–H and O–H groups in total. The molecule has 2 heterocycles. The van der Waals surface area contributed by atoms with Crippen LogP contribution in [0.15, 0.2) is 57.8 Å². The number of nitrogens with zero attached hydrogens (tertiary/aromatic N) is 3. The van der Waals surface area contributed by atoms with Crippen molar-refractivity contribution in [2.75, 3.05) is 5.43 Å². The van der Waals surface area contributed by atoms with Crippen LogP contribution in [0.4, 0.5) is 5.69 Å². The Kier molecular flexibility index (Phi) is 4.44. The van der Waals surface area contributed by atoms with Gasteiger partial charge in [0.15, 0.2) is 11.5 Å². The van der Waals surface area contributed by atoms with Crippen molar-refractivity contribution in [2.24, 2.45) is 5.14 Å². The molecule has 148 valence electrons. The van der Waals surface area contributed by atoms with Crippen LogP contribution in [0.1, 0.15) is 23.1 Å². The number of anilines is 1. The Morgan fingerprint density at radius 2 is 1.79 bits per heavy atom. The second-order valence-electron chi connectivity index (χ2n) is 6.47. The lowest BCUT2D eigenvalue weighted by Crippen LogP contribution is -2.17. The molecule has 2 aromatic heterocycles. The molecule has 10 heteroatoms. The van der Waals surface area contributed by atoms with E-state index in [4.69, 9.17) is 9.56 Å². The Labute approximate surface area is 166 Å². The van der Waals surface area contributed by atoms with Gasteiger partial charge in [-0.25, -0.2) is 18.2 Å². The predicted molar refractivity (Wildman–Crippen MR) is 107 cm³/mol. The molecule has 0 bridgehead atoms. The monoisotopic (exact) mass is 411 g/mol. The van der Waals surface area contributed by atoms with Crippen molar-refractivity contribution in [3.8, 4) is 11.6 Å². The van der Waals surface area contributed by atoms with E-state index in [0.717, 1.165) is 10.9 Å². The molecular weight excluding hydrogens is 394 g/mol. The van der Waals surface area contributed by atoms with Crippen molar-refractivity contribution in [1.29, 1.82) is 0 Å². The van der Waals surface area contributed by atoms with E-state index in [9.17, 15) is 13.2 Å². The number of ketones is 1. The maximum absolute atomic E-state index is 12.1. The Bertz CT molecular complexity index is 1340. The van der Waals surface area contributed by atoms with Gasteiger partial charge in [0.25, 0.3) is 0 Å². The number of nitrogens with one attached hydrogen (secondary N) is 1. The molecule has 29 heavy (non-hydrogen) atoms. The summed E-state index contributed by atoms with van der Waals surface area (Å²) in [4.78, 5) is 12.0. The van der Waals surface area contributed by atoms with Crippen LogP contribution in [-0.4, -0.2) is 29.1 Å². The van der Waals surface area contributed by atoms with Crippen molar-refractivity contribution in [1.82, 2.24) is 14.9 Å². The topological polar surface area (TPSA) is 133 Å². The van der Waals surface area contributed by atoms with Crippen molar-refractivity contribution in [3.05, 3.63) is 59.9 Å². The lowest BCUT2D eigenvalue weighted by molar-refractivity contribution is 0.100. The van der Waals surface area contributed by atoms with E-state index >= 15 is 0 Å². The highest BCUT2D eigenvalue weighted by Crippen LogP contribution is 2.32. The van der Waals surface area contributed by atoms with Crippen LogP contribution in [0.5, 0.6) is 0 Å². The summed E-state index contributed by atoms with van der Waals surface area (Å²) in [6.45, 7) is 3.27. The number of carbonyl (C=O) groups is 1. The second-order valence-corrected chi connectivity index (χ2v) is 8.03. The van der Waals surface area contributed by atoms with Crippen LogP contribution in [-0.2, 0) is 10.0 Å². The Morgan fingerprint density at radius 3 is 2.41 bits per heavy atom. The first-order valence-corrected chi connectivity index (χ1v) is 10.1. The second kappa shape index (κ2) is 6.83. The van der Waals surface area contributed by atoms with E-state index in [0.29, 0.717) is 22.9 Å². The summed E-state index contributed by atoms with van der Waals surface area (Å²) in [7, 11) is -3.80. The van der Waals surface area contributed by atoms with Crippen molar-refractivity contribution in [2.45, 2.75) is 18.7 Å². The quantitative estimate of drug-likeness (QED) is 0.482. The van der Waals surface area contributed by atoms with Gasteiger partial charge < -0.3 is 4.42 Å². The number of benzene rings is 2. The highest BCUT2D eigenvalue weighted by atomic mass is 32.2. The van der Waals surface area contributed by atoms with Crippen LogP contribution in [0, 0.1) is 6.92 Å². The zero-order chi connectivity index (χ0) is 20.8. The zero-order valence-corrected chi connectivity index (χ0v) is 16.4. The minimum absolute atomic E-state index is 0.0213. The molecule has 4 rings (SSSR count). The van der Waals surface area contributed by atoms with Gasteiger partial charge in [0.05, 0.1) is 10.6 Å². The molecule has 0 amide bonds. The molecule has 0 aliphatic carbocycles. The highest BCUT2D eigenvalue weighted by Gasteiger charge is 2.23. The zero-order valence-electron chi connectivity index (χ0n) is 15.6. The van der Waals surface area contributed by atoms with Gasteiger partial charge in [0, 0.05) is 17.9 Å². The first kappa shape index (κ1) is 18.8. The predicted octanol–water partition coefficient (Wildman–Crippen LogP) is 2.72. The third-order valence-electron chi connectivity index (χ3n) is 4.45. The lowest BCUT2D eigenvalue weighted by atomic mass is 10.1. The third-order valence-corrected chi connectivity index (χ3v) is 5.38. The number of Topliss-reactive ketones (excluding diaryl/α,β-unsaturated/α-hetero) is 1. The van der Waals surface area contributed by atoms with Crippen molar-refractivity contribution >= 4 is 32.5 Å². The Hall–Kier alpha value is -3.50. The molecular formula is C19H17N5O4S. The maximum Gasteiger partial charge on any atom is 0.238 e. The van der Waals surface area contributed by atoms with Crippen LogP contribution >= 0.6 is 0 Å². The van der Waals surface area contributed by atoms with E-state index in [1.54, 1.807) is 0 Å². The highest BCUT2D eigenvalue weighted by molar-refractivity contribution is 7.89. The summed E-state index contributed by atoms with van der Waals surface area (Å²) >= 11 is 0. The number of primary sulfonamides is 1. The number of furan rings is 1. The summed E-state index contributed by atoms with van der Waals surface area (Å²) in [5, 5.41) is 14.2. The summed E-state index contributed by atoms with van der Waals surface area (Å²) in [5.74, 6) is 0.570. The van der Waals surface area contributed by atoms with E-state index in [2.05, 4.69) is 15.6 Å². The SMILES string of the molecule is CC(=O)c1nnc(-c2oc3ccccc3c2C)n1Nc1ccc(S(N)(=O)=O)cc1. The molecule has 9 nitrogen and oxygen atoms in total. The summed E-state index contributed by atoms with van der Waals surface area (Å²) in [6.07, 6.45) is 0. The van der Waals surface area contributed by atoms with E-state index in [1.807, 2.05) is 31.2 Å².